The molecule has 0 saturated carbocycles. The Morgan fingerprint density at radius 3 is 2.04 bits per heavy atom. The van der Waals surface area contributed by atoms with Gasteiger partial charge in [-0.25, -0.2) is 9.59 Å². The number of hydrogen-bond acceptors (Lipinski definition) is 9. The Kier molecular flexibility index (Phi) is 14.4. The van der Waals surface area contributed by atoms with Crippen molar-refractivity contribution in [2.24, 2.45) is 5.73 Å². The molecule has 15 nitrogen and oxygen atoms in total. The molecule has 0 unspecified atom stereocenters. The van der Waals surface area contributed by atoms with E-state index < -0.39 is 54.1 Å². The van der Waals surface area contributed by atoms with Gasteiger partial charge in [0.2, 0.25) is 5.78 Å². The zero-order chi connectivity index (χ0) is 37.6. The second kappa shape index (κ2) is 18.2. The summed E-state index contributed by atoms with van der Waals surface area (Å²) >= 11 is 0. The maximum atomic E-state index is 13.1. The highest BCUT2D eigenvalue weighted by molar-refractivity contribution is 6.33. The third-order valence-corrected chi connectivity index (χ3v) is 6.43. The number of amides is 2. The van der Waals surface area contributed by atoms with E-state index in [9.17, 15) is 42.3 Å². The van der Waals surface area contributed by atoms with E-state index >= 15 is 0 Å². The summed E-state index contributed by atoms with van der Waals surface area (Å²) in [5.41, 5.74) is 6.91. The molecule has 3 aromatic rings. The van der Waals surface area contributed by atoms with Gasteiger partial charge in [0.1, 0.15) is 23.9 Å². The molecule has 50 heavy (non-hydrogen) atoms. The van der Waals surface area contributed by atoms with Gasteiger partial charge in [0.15, 0.2) is 0 Å². The van der Waals surface area contributed by atoms with Gasteiger partial charge in [-0.1, -0.05) is 18.2 Å². The van der Waals surface area contributed by atoms with E-state index in [0.717, 1.165) is 0 Å². The molecule has 0 radical (unpaired) electrons. The predicted octanol–water partition coefficient (Wildman–Crippen LogP) is 3.10. The number of amidine groups is 1. The van der Waals surface area contributed by atoms with Gasteiger partial charge in [-0.3, -0.25) is 24.6 Å². The summed E-state index contributed by atoms with van der Waals surface area (Å²) in [6.07, 6.45) is -5.90. The zero-order valence-corrected chi connectivity index (χ0v) is 26.1. The molecule has 3 rings (SSSR count). The Morgan fingerprint density at radius 2 is 1.50 bits per heavy atom. The van der Waals surface area contributed by atoms with Crippen molar-refractivity contribution in [1.82, 2.24) is 5.32 Å². The second-order valence-electron chi connectivity index (χ2n) is 10.1. The van der Waals surface area contributed by atoms with E-state index in [1.165, 1.54) is 37.4 Å². The van der Waals surface area contributed by atoms with Crippen LogP contribution < -0.4 is 25.8 Å². The normalized spacial score (nSPS) is 11.1. The zero-order valence-electron chi connectivity index (χ0n) is 26.1. The number of ether oxygens (including phenoxy) is 2. The number of methoxy groups -OCH3 is 1. The fourth-order valence-corrected chi connectivity index (χ4v) is 3.89. The van der Waals surface area contributed by atoms with Gasteiger partial charge >= 0.3 is 24.1 Å². The molecule has 2 amide bonds. The number of nitrogens with one attached hydrogen (secondary N) is 3. The number of carbonyl (C=O) groups is 6. The minimum absolute atomic E-state index is 0.0231. The van der Waals surface area contributed by atoms with Crippen LogP contribution in [0.3, 0.4) is 0 Å². The maximum absolute atomic E-state index is 13.1. The number of halogens is 3. The fraction of sp³-hybridized carbons (Fsp3) is 0.219. The van der Waals surface area contributed by atoms with Crippen LogP contribution in [0.2, 0.25) is 0 Å². The SMILES string of the molecule is COc1ccc(C(=O)Nc2cccc(C(=O)N[C@H](CCC(=O)O)COc3cc(C(=N)N)ccc3CC(=O)C(=O)O)c2)cc1.O=C(O)C(F)(F)F. The van der Waals surface area contributed by atoms with Crippen LogP contribution in [-0.4, -0.2) is 82.6 Å². The molecule has 3 aromatic carbocycles. The molecule has 1 atom stereocenters. The first-order valence-corrected chi connectivity index (χ1v) is 14.2. The molecule has 8 N–H and O–H groups in total. The minimum atomic E-state index is -5.08. The molecule has 0 spiro atoms. The number of rotatable bonds is 15. The summed E-state index contributed by atoms with van der Waals surface area (Å²) in [5.74, 6) is -7.20. The smallest absolute Gasteiger partial charge is 0.490 e. The summed E-state index contributed by atoms with van der Waals surface area (Å²) in [5, 5.41) is 38.4. The van der Waals surface area contributed by atoms with Crippen molar-refractivity contribution in [2.45, 2.75) is 31.5 Å². The number of aliphatic carboxylic acids is 3. The lowest BCUT2D eigenvalue weighted by molar-refractivity contribution is -0.192. The van der Waals surface area contributed by atoms with E-state index in [1.54, 1.807) is 36.4 Å². The molecule has 0 bridgehead atoms. The van der Waals surface area contributed by atoms with Crippen LogP contribution in [0, 0.1) is 5.41 Å². The number of carbonyl (C=O) groups excluding carboxylic acids is 3. The number of carboxylic acid groups (broad SMARTS) is 3. The molecule has 0 saturated heterocycles. The number of benzene rings is 3. The molecule has 0 heterocycles. The van der Waals surface area contributed by atoms with Gasteiger partial charge in [0, 0.05) is 40.8 Å². The monoisotopic (exact) mass is 704 g/mol. The highest BCUT2D eigenvalue weighted by Crippen LogP contribution is 2.23. The minimum Gasteiger partial charge on any atom is -0.497 e. The van der Waals surface area contributed by atoms with Crippen LogP contribution in [0.15, 0.2) is 66.7 Å². The Morgan fingerprint density at radius 1 is 0.880 bits per heavy atom. The van der Waals surface area contributed by atoms with Crippen LogP contribution in [0.4, 0.5) is 18.9 Å². The average Bonchev–Trinajstić information content (AvgIpc) is 3.06. The van der Waals surface area contributed by atoms with Crippen LogP contribution in [0.1, 0.15) is 44.7 Å². The summed E-state index contributed by atoms with van der Waals surface area (Å²) in [6, 6.07) is 16.0. The Labute approximate surface area is 281 Å². The first-order valence-electron chi connectivity index (χ1n) is 14.2. The van der Waals surface area contributed by atoms with Gasteiger partial charge in [-0.05, 0) is 55.0 Å². The number of hydrogen-bond donors (Lipinski definition) is 7. The van der Waals surface area contributed by atoms with Gasteiger partial charge in [0.25, 0.3) is 11.8 Å². The van der Waals surface area contributed by atoms with Crippen molar-refractivity contribution in [3.8, 4) is 11.5 Å². The average molecular weight is 705 g/mol. The number of anilines is 1. The number of ketones is 1. The summed E-state index contributed by atoms with van der Waals surface area (Å²) in [7, 11) is 1.51. The maximum Gasteiger partial charge on any atom is 0.490 e. The number of nitrogens with two attached hydrogens (primary N) is 1. The van der Waals surface area contributed by atoms with E-state index in [2.05, 4.69) is 10.6 Å². The third kappa shape index (κ3) is 13.0. The van der Waals surface area contributed by atoms with Crippen LogP contribution in [0.25, 0.3) is 0 Å². The topological polar surface area (TPSA) is 255 Å². The van der Waals surface area contributed by atoms with E-state index in [0.29, 0.717) is 17.0 Å². The van der Waals surface area contributed by atoms with Crippen molar-refractivity contribution >= 4 is 47.0 Å². The molecular formula is C32H31F3N4O11. The predicted molar refractivity (Wildman–Crippen MR) is 169 cm³/mol. The molecular weight excluding hydrogens is 673 g/mol. The molecule has 0 fully saturated rings. The van der Waals surface area contributed by atoms with Crippen molar-refractivity contribution in [3.63, 3.8) is 0 Å². The van der Waals surface area contributed by atoms with Gasteiger partial charge in [-0.2, -0.15) is 13.2 Å². The van der Waals surface area contributed by atoms with Crippen molar-refractivity contribution in [3.05, 3.63) is 89.0 Å². The highest BCUT2D eigenvalue weighted by Gasteiger charge is 2.38. The molecule has 0 aromatic heterocycles. The van der Waals surface area contributed by atoms with Crippen molar-refractivity contribution in [1.29, 1.82) is 5.41 Å². The lowest BCUT2D eigenvalue weighted by atomic mass is 10.0. The highest BCUT2D eigenvalue weighted by atomic mass is 19.4. The number of carboxylic acids is 3. The lowest BCUT2D eigenvalue weighted by Gasteiger charge is -2.20. The van der Waals surface area contributed by atoms with Crippen molar-refractivity contribution in [2.75, 3.05) is 19.0 Å². The first kappa shape index (κ1) is 39.7. The lowest BCUT2D eigenvalue weighted by Crippen LogP contribution is -2.39. The second-order valence-corrected chi connectivity index (χ2v) is 10.1. The van der Waals surface area contributed by atoms with Gasteiger partial charge < -0.3 is 41.2 Å². The van der Waals surface area contributed by atoms with E-state index in [-0.39, 0.29) is 47.7 Å². The summed E-state index contributed by atoms with van der Waals surface area (Å²) in [4.78, 5) is 68.8. The molecule has 0 aliphatic rings. The standard InChI is InChI=1S/C30H30N4O9.C2HF3O2/c1-42-23-10-7-17(8-11-23)28(38)33-21-4-2-3-20(13-21)29(39)34-22(9-12-26(36)37)16-43-25-15-19(27(31)32)6-5-18(25)14-24(35)30(40)41;3-2(4,5)1(6)7/h2-8,10-11,13,15,22H,9,12,14,16H2,1H3,(H3,31,32)(H,33,38)(H,34,39)(H,36,37)(H,40,41);(H,6,7)/t22-;/m1./s1. The number of alkyl halides is 3. The Balaban J connectivity index is 0.00000112. The van der Waals surface area contributed by atoms with Gasteiger partial charge in [0.05, 0.1) is 13.2 Å². The third-order valence-electron chi connectivity index (χ3n) is 6.43. The van der Waals surface area contributed by atoms with Crippen LogP contribution >= 0.6 is 0 Å². The largest absolute Gasteiger partial charge is 0.497 e. The van der Waals surface area contributed by atoms with E-state index in [4.69, 9.17) is 35.6 Å². The molecule has 0 aliphatic carbocycles. The molecule has 266 valence electrons. The Bertz CT molecular complexity index is 1750. The Hall–Kier alpha value is -6.46. The molecule has 0 aliphatic heterocycles. The number of nitrogen functional groups attached to an aromatic ring is 1. The van der Waals surface area contributed by atoms with Crippen LogP contribution in [-0.2, 0) is 25.6 Å². The van der Waals surface area contributed by atoms with Crippen LogP contribution in [0.5, 0.6) is 11.5 Å². The summed E-state index contributed by atoms with van der Waals surface area (Å²) in [6.45, 7) is -0.247. The first-order chi connectivity index (χ1) is 23.4. The quantitative estimate of drug-likeness (QED) is 0.0684. The van der Waals surface area contributed by atoms with Gasteiger partial charge in [-0.15, -0.1) is 0 Å². The fourth-order valence-electron chi connectivity index (χ4n) is 3.89. The van der Waals surface area contributed by atoms with E-state index in [1.807, 2.05) is 0 Å². The summed E-state index contributed by atoms with van der Waals surface area (Å²) < 4.78 is 42.6. The number of Topliss-reactive ketones (excluding diaryl/α,β-unsaturated/α-hetero) is 1. The molecule has 18 heteroatoms. The van der Waals surface area contributed by atoms with Crippen molar-refractivity contribution < 1.29 is 66.7 Å².